The molecule has 6 N–H and O–H groups in total. The largest absolute Gasteiger partial charge is 0.414 e. The summed E-state index contributed by atoms with van der Waals surface area (Å²) in [6.45, 7) is 0. The van der Waals surface area contributed by atoms with Crippen LogP contribution in [0, 0.1) is 0 Å². The number of hydrogen-bond acceptors (Lipinski definition) is 3. The van der Waals surface area contributed by atoms with E-state index in [2.05, 4.69) is 0 Å². The standard InChI is InChI=1S/C7H10F3N3/c8-7(9,10)4-3-6(12,13)2-1-5(4)11/h1-2H,3,11-13H2. The fourth-order valence-corrected chi connectivity index (χ4v) is 1.08. The van der Waals surface area contributed by atoms with Crippen LogP contribution in [0.3, 0.4) is 0 Å². The van der Waals surface area contributed by atoms with Gasteiger partial charge in [-0.3, -0.25) is 0 Å². The van der Waals surface area contributed by atoms with E-state index < -0.39 is 23.8 Å². The van der Waals surface area contributed by atoms with Crippen LogP contribution in [-0.4, -0.2) is 11.8 Å². The molecule has 0 radical (unpaired) electrons. The molecule has 0 fully saturated rings. The summed E-state index contributed by atoms with van der Waals surface area (Å²) >= 11 is 0. The van der Waals surface area contributed by atoms with Gasteiger partial charge >= 0.3 is 6.18 Å². The molecule has 74 valence electrons. The maximum absolute atomic E-state index is 12.3. The number of hydrogen-bond donors (Lipinski definition) is 3. The predicted octanol–water partition coefficient (Wildman–Crippen LogP) is 0.335. The molecule has 0 aromatic rings. The molecule has 0 saturated heterocycles. The Morgan fingerprint density at radius 1 is 1.31 bits per heavy atom. The van der Waals surface area contributed by atoms with Crippen molar-refractivity contribution in [3.05, 3.63) is 23.4 Å². The highest BCUT2D eigenvalue weighted by atomic mass is 19.4. The van der Waals surface area contributed by atoms with Gasteiger partial charge in [-0.1, -0.05) is 0 Å². The summed E-state index contributed by atoms with van der Waals surface area (Å²) in [5.74, 6) is 0. The van der Waals surface area contributed by atoms with E-state index in [1.165, 1.54) is 6.08 Å². The first-order chi connectivity index (χ1) is 5.72. The Labute approximate surface area is 73.1 Å². The summed E-state index contributed by atoms with van der Waals surface area (Å²) < 4.78 is 36.8. The van der Waals surface area contributed by atoms with Crippen LogP contribution in [0.25, 0.3) is 0 Å². The Morgan fingerprint density at radius 2 is 1.85 bits per heavy atom. The summed E-state index contributed by atoms with van der Waals surface area (Å²) in [5.41, 5.74) is 13.2. The fourth-order valence-electron chi connectivity index (χ4n) is 1.08. The lowest BCUT2D eigenvalue weighted by atomic mass is 9.93. The molecule has 13 heavy (non-hydrogen) atoms. The van der Waals surface area contributed by atoms with Gasteiger partial charge in [0.05, 0.1) is 11.2 Å². The zero-order valence-corrected chi connectivity index (χ0v) is 6.73. The lowest BCUT2D eigenvalue weighted by Crippen LogP contribution is -2.50. The van der Waals surface area contributed by atoms with Gasteiger partial charge in [-0.05, 0) is 12.2 Å². The molecule has 0 unspecified atom stereocenters. The van der Waals surface area contributed by atoms with Gasteiger partial charge in [0, 0.05) is 12.1 Å². The molecule has 1 aliphatic rings. The van der Waals surface area contributed by atoms with Crippen molar-refractivity contribution >= 4 is 0 Å². The third-order valence-corrected chi connectivity index (χ3v) is 1.75. The summed E-state index contributed by atoms with van der Waals surface area (Å²) in [4.78, 5) is 0. The van der Waals surface area contributed by atoms with Crippen molar-refractivity contribution in [2.24, 2.45) is 17.2 Å². The number of halogens is 3. The van der Waals surface area contributed by atoms with Gasteiger partial charge in [0.1, 0.15) is 0 Å². The highest BCUT2D eigenvalue weighted by molar-refractivity contribution is 5.34. The second-order valence-corrected chi connectivity index (χ2v) is 3.05. The number of alkyl halides is 3. The molecule has 0 spiro atoms. The van der Waals surface area contributed by atoms with Gasteiger partial charge in [0.25, 0.3) is 0 Å². The minimum absolute atomic E-state index is 0.320. The molecule has 0 aromatic carbocycles. The van der Waals surface area contributed by atoms with Crippen LogP contribution in [0.1, 0.15) is 6.42 Å². The van der Waals surface area contributed by atoms with Crippen LogP contribution in [0.2, 0.25) is 0 Å². The molecular weight excluding hydrogens is 183 g/mol. The Morgan fingerprint density at radius 3 is 2.23 bits per heavy atom. The SMILES string of the molecule is NC1=C(C(F)(F)F)CC(N)(N)C=C1. The first-order valence-corrected chi connectivity index (χ1v) is 3.55. The number of rotatable bonds is 0. The first-order valence-electron chi connectivity index (χ1n) is 3.55. The van der Waals surface area contributed by atoms with E-state index in [0.717, 1.165) is 6.08 Å². The minimum Gasteiger partial charge on any atom is -0.399 e. The van der Waals surface area contributed by atoms with Crippen molar-refractivity contribution in [2.75, 3.05) is 0 Å². The highest BCUT2D eigenvalue weighted by Gasteiger charge is 2.40. The average molecular weight is 193 g/mol. The Balaban J connectivity index is 3.03. The number of allylic oxidation sites excluding steroid dienone is 1. The second-order valence-electron chi connectivity index (χ2n) is 3.05. The molecular formula is C7H10F3N3. The minimum atomic E-state index is -4.46. The summed E-state index contributed by atoms with van der Waals surface area (Å²) in [7, 11) is 0. The lowest BCUT2D eigenvalue weighted by Gasteiger charge is -2.27. The third-order valence-electron chi connectivity index (χ3n) is 1.75. The molecule has 0 atom stereocenters. The Kier molecular flexibility index (Phi) is 2.13. The first kappa shape index (κ1) is 10.1. The highest BCUT2D eigenvalue weighted by Crippen LogP contribution is 2.34. The Hall–Kier alpha value is -1.01. The molecule has 0 amide bonds. The molecule has 3 nitrogen and oxygen atoms in total. The molecule has 0 aromatic heterocycles. The van der Waals surface area contributed by atoms with Crippen LogP contribution in [-0.2, 0) is 0 Å². The van der Waals surface area contributed by atoms with Crippen LogP contribution >= 0.6 is 0 Å². The van der Waals surface area contributed by atoms with Gasteiger partial charge in [-0.2, -0.15) is 13.2 Å². The van der Waals surface area contributed by atoms with Gasteiger partial charge in [-0.15, -0.1) is 0 Å². The van der Waals surface area contributed by atoms with E-state index in [9.17, 15) is 13.2 Å². The van der Waals surface area contributed by atoms with E-state index >= 15 is 0 Å². The monoisotopic (exact) mass is 193 g/mol. The molecule has 0 aliphatic heterocycles. The summed E-state index contributed by atoms with van der Waals surface area (Å²) in [6.07, 6.45) is -2.60. The van der Waals surface area contributed by atoms with E-state index in [1.54, 1.807) is 0 Å². The number of nitrogens with two attached hydrogens (primary N) is 3. The maximum Gasteiger partial charge on any atom is 0.414 e. The molecule has 1 rings (SSSR count). The smallest absolute Gasteiger partial charge is 0.399 e. The van der Waals surface area contributed by atoms with E-state index in [1.807, 2.05) is 0 Å². The molecule has 0 saturated carbocycles. The van der Waals surface area contributed by atoms with Crippen molar-refractivity contribution < 1.29 is 13.2 Å². The summed E-state index contributed by atoms with van der Waals surface area (Å²) in [5, 5.41) is 0. The zero-order chi connectivity index (χ0) is 10.3. The molecule has 6 heteroatoms. The molecule has 0 bridgehead atoms. The van der Waals surface area contributed by atoms with Crippen molar-refractivity contribution in [2.45, 2.75) is 18.3 Å². The third kappa shape index (κ3) is 2.22. The zero-order valence-electron chi connectivity index (χ0n) is 6.73. The lowest BCUT2D eigenvalue weighted by molar-refractivity contribution is -0.0962. The van der Waals surface area contributed by atoms with Crippen molar-refractivity contribution in [1.29, 1.82) is 0 Å². The normalized spacial score (nSPS) is 22.2. The predicted molar refractivity (Wildman–Crippen MR) is 42.1 cm³/mol. The molecule has 0 heterocycles. The average Bonchev–Trinajstić information content (AvgIpc) is 1.92. The van der Waals surface area contributed by atoms with Crippen LogP contribution in [0.5, 0.6) is 0 Å². The van der Waals surface area contributed by atoms with Crippen molar-refractivity contribution in [1.82, 2.24) is 0 Å². The quantitative estimate of drug-likeness (QED) is 0.485. The second kappa shape index (κ2) is 2.74. The van der Waals surface area contributed by atoms with Crippen LogP contribution in [0.15, 0.2) is 23.4 Å². The van der Waals surface area contributed by atoms with Crippen molar-refractivity contribution in [3.8, 4) is 0 Å². The van der Waals surface area contributed by atoms with Crippen LogP contribution < -0.4 is 17.2 Å². The van der Waals surface area contributed by atoms with Gasteiger partial charge in [-0.25, -0.2) is 0 Å². The van der Waals surface area contributed by atoms with E-state index in [0.29, 0.717) is 0 Å². The summed E-state index contributed by atoms with van der Waals surface area (Å²) in [6, 6.07) is 0. The maximum atomic E-state index is 12.3. The van der Waals surface area contributed by atoms with Gasteiger partial charge < -0.3 is 17.2 Å². The van der Waals surface area contributed by atoms with Gasteiger partial charge in [0.15, 0.2) is 0 Å². The van der Waals surface area contributed by atoms with E-state index in [-0.39, 0.29) is 5.70 Å². The van der Waals surface area contributed by atoms with Crippen molar-refractivity contribution in [3.63, 3.8) is 0 Å². The van der Waals surface area contributed by atoms with E-state index in [4.69, 9.17) is 17.2 Å². The molecule has 1 aliphatic carbocycles. The fraction of sp³-hybridized carbons (Fsp3) is 0.429. The van der Waals surface area contributed by atoms with Crippen LogP contribution in [0.4, 0.5) is 13.2 Å². The topological polar surface area (TPSA) is 78.1 Å². The van der Waals surface area contributed by atoms with Gasteiger partial charge in [0.2, 0.25) is 0 Å². The Bertz CT molecular complexity index is 275.